The molecular formula is C38H36O6. The molecule has 224 valence electrons. The third kappa shape index (κ3) is 6.25. The highest BCUT2D eigenvalue weighted by molar-refractivity contribution is 5.90. The summed E-state index contributed by atoms with van der Waals surface area (Å²) in [6.45, 7) is 6.19. The van der Waals surface area contributed by atoms with Crippen molar-refractivity contribution < 1.29 is 28.4 Å². The van der Waals surface area contributed by atoms with Gasteiger partial charge in [-0.15, -0.1) is 0 Å². The molecule has 0 bridgehead atoms. The zero-order valence-electron chi connectivity index (χ0n) is 24.9. The molecule has 0 spiro atoms. The summed E-state index contributed by atoms with van der Waals surface area (Å²) >= 11 is 0. The molecule has 0 N–H and O–H groups in total. The maximum atomic E-state index is 6.44. The Morgan fingerprint density at radius 1 is 0.568 bits per heavy atom. The average Bonchev–Trinajstić information content (AvgIpc) is 3.89. The molecule has 3 saturated heterocycles. The first-order valence-electron chi connectivity index (χ1n) is 15.5. The van der Waals surface area contributed by atoms with Crippen LogP contribution < -0.4 is 14.2 Å². The second kappa shape index (κ2) is 11.8. The van der Waals surface area contributed by atoms with Crippen LogP contribution in [0.25, 0.3) is 21.5 Å². The Morgan fingerprint density at radius 3 is 1.93 bits per heavy atom. The Labute approximate surface area is 257 Å². The number of rotatable bonds is 13. The summed E-state index contributed by atoms with van der Waals surface area (Å²) in [6.07, 6.45) is 2.03. The van der Waals surface area contributed by atoms with Crippen molar-refractivity contribution in [1.29, 1.82) is 0 Å². The fraction of sp³-hybridized carbons (Fsp3) is 0.316. The molecule has 3 aliphatic heterocycles. The van der Waals surface area contributed by atoms with Crippen LogP contribution in [0.3, 0.4) is 0 Å². The number of epoxide rings is 3. The molecule has 5 aromatic carbocycles. The zero-order chi connectivity index (χ0) is 29.5. The third-order valence-corrected chi connectivity index (χ3v) is 8.61. The molecular weight excluding hydrogens is 552 g/mol. The van der Waals surface area contributed by atoms with Crippen molar-refractivity contribution in [3.05, 3.63) is 113 Å². The monoisotopic (exact) mass is 588 g/mol. The van der Waals surface area contributed by atoms with E-state index in [0.717, 1.165) is 71.8 Å². The fourth-order valence-corrected chi connectivity index (χ4v) is 5.87. The van der Waals surface area contributed by atoms with Crippen molar-refractivity contribution in [2.45, 2.75) is 38.1 Å². The summed E-state index contributed by atoms with van der Waals surface area (Å²) in [4.78, 5) is 0. The van der Waals surface area contributed by atoms with E-state index in [1.807, 2.05) is 0 Å². The summed E-state index contributed by atoms with van der Waals surface area (Å²) in [6, 6.07) is 30.1. The first kappa shape index (κ1) is 27.4. The third-order valence-electron chi connectivity index (χ3n) is 8.61. The lowest BCUT2D eigenvalue weighted by atomic mass is 9.93. The highest BCUT2D eigenvalue weighted by Crippen LogP contribution is 2.36. The van der Waals surface area contributed by atoms with E-state index < -0.39 is 0 Å². The zero-order valence-corrected chi connectivity index (χ0v) is 24.9. The van der Waals surface area contributed by atoms with Crippen LogP contribution in [0.15, 0.2) is 84.9 Å². The van der Waals surface area contributed by atoms with Crippen LogP contribution in [0.5, 0.6) is 17.2 Å². The number of fused-ring (bicyclic) bond motifs is 2. The number of benzene rings is 5. The van der Waals surface area contributed by atoms with Gasteiger partial charge in [0.25, 0.3) is 0 Å². The average molecular weight is 589 g/mol. The lowest BCUT2D eigenvalue weighted by Crippen LogP contribution is -2.09. The van der Waals surface area contributed by atoms with E-state index in [4.69, 9.17) is 28.4 Å². The van der Waals surface area contributed by atoms with Crippen LogP contribution in [-0.2, 0) is 27.1 Å². The molecule has 3 unspecified atom stereocenters. The minimum absolute atomic E-state index is 0.169. The lowest BCUT2D eigenvalue weighted by Gasteiger charge is -2.18. The quantitative estimate of drug-likeness (QED) is 0.141. The summed E-state index contributed by atoms with van der Waals surface area (Å²) in [5, 5.41) is 4.59. The highest BCUT2D eigenvalue weighted by Gasteiger charge is 2.26. The van der Waals surface area contributed by atoms with Crippen LogP contribution in [0.1, 0.15) is 27.8 Å². The molecule has 0 aliphatic carbocycles. The molecule has 6 heteroatoms. The maximum Gasteiger partial charge on any atom is 0.130 e. The van der Waals surface area contributed by atoms with Gasteiger partial charge in [-0.2, -0.15) is 0 Å². The van der Waals surface area contributed by atoms with Crippen molar-refractivity contribution in [2.24, 2.45) is 0 Å². The predicted octanol–water partition coefficient (Wildman–Crippen LogP) is 6.82. The van der Waals surface area contributed by atoms with Gasteiger partial charge >= 0.3 is 0 Å². The summed E-state index contributed by atoms with van der Waals surface area (Å²) in [5.74, 6) is 2.74. The minimum atomic E-state index is 0.169. The largest absolute Gasteiger partial charge is 0.490 e. The smallest absolute Gasteiger partial charge is 0.130 e. The Morgan fingerprint density at radius 2 is 1.20 bits per heavy atom. The van der Waals surface area contributed by atoms with E-state index >= 15 is 0 Å². The molecule has 0 amide bonds. The standard InChI is InChI=1S/C38H36O6/c1-24-12-30(14-25-13-27-7-3-4-8-34(27)37(15-25)43-22-32-19-40-32)36(42-21-31-18-39-31)17-29(24)16-28-11-10-26-6-2-5-9-35(26)38(28)44-23-33-20-41-33/h2-13,15,17,31-33H,14,16,18-23H2,1H3. The Bertz CT molecular complexity index is 1820. The van der Waals surface area contributed by atoms with Gasteiger partial charge < -0.3 is 28.4 Å². The normalized spacial score (nSPS) is 20.1. The second-order valence-electron chi connectivity index (χ2n) is 12.1. The highest BCUT2D eigenvalue weighted by atomic mass is 16.6. The van der Waals surface area contributed by atoms with Crippen LogP contribution in [-0.4, -0.2) is 58.0 Å². The number of aryl methyl sites for hydroxylation is 1. The number of ether oxygens (including phenoxy) is 6. The van der Waals surface area contributed by atoms with Crippen LogP contribution in [0.2, 0.25) is 0 Å². The Balaban J connectivity index is 1.12. The van der Waals surface area contributed by atoms with Gasteiger partial charge in [-0.1, -0.05) is 72.8 Å². The molecule has 3 atom stereocenters. The van der Waals surface area contributed by atoms with Gasteiger partial charge in [-0.25, -0.2) is 0 Å². The summed E-state index contributed by atoms with van der Waals surface area (Å²) < 4.78 is 35.4. The molecule has 0 saturated carbocycles. The van der Waals surface area contributed by atoms with Gasteiger partial charge in [0.2, 0.25) is 0 Å². The lowest BCUT2D eigenvalue weighted by molar-refractivity contribution is 0.261. The first-order chi connectivity index (χ1) is 21.7. The van der Waals surface area contributed by atoms with Crippen LogP contribution >= 0.6 is 0 Å². The Kier molecular flexibility index (Phi) is 7.34. The molecule has 3 aliphatic rings. The maximum absolute atomic E-state index is 6.44. The van der Waals surface area contributed by atoms with E-state index in [9.17, 15) is 0 Å². The first-order valence-corrected chi connectivity index (χ1v) is 15.5. The van der Waals surface area contributed by atoms with Crippen molar-refractivity contribution >= 4 is 21.5 Å². The van der Waals surface area contributed by atoms with E-state index in [0.29, 0.717) is 19.8 Å². The predicted molar refractivity (Wildman–Crippen MR) is 170 cm³/mol. The molecule has 3 heterocycles. The second-order valence-corrected chi connectivity index (χ2v) is 12.1. The van der Waals surface area contributed by atoms with E-state index in [1.54, 1.807) is 0 Å². The Hall–Kier alpha value is -4.10. The van der Waals surface area contributed by atoms with Gasteiger partial charge in [0.05, 0.1) is 19.8 Å². The van der Waals surface area contributed by atoms with Gasteiger partial charge in [0.1, 0.15) is 55.4 Å². The molecule has 6 nitrogen and oxygen atoms in total. The number of hydrogen-bond acceptors (Lipinski definition) is 6. The molecule has 44 heavy (non-hydrogen) atoms. The van der Waals surface area contributed by atoms with E-state index in [-0.39, 0.29) is 18.3 Å². The summed E-state index contributed by atoms with van der Waals surface area (Å²) in [5.41, 5.74) is 5.94. The van der Waals surface area contributed by atoms with Gasteiger partial charge in [0, 0.05) is 23.6 Å². The van der Waals surface area contributed by atoms with E-state index in [1.165, 1.54) is 27.5 Å². The topological polar surface area (TPSA) is 65.3 Å². The molecule has 0 radical (unpaired) electrons. The SMILES string of the molecule is Cc1cc(Cc2cc(OCC3CO3)c3ccccc3c2)c(OCC2CO2)cc1Cc1ccc2ccccc2c1OCC1CO1. The van der Waals surface area contributed by atoms with Crippen molar-refractivity contribution in [3.8, 4) is 17.2 Å². The minimum Gasteiger partial charge on any atom is -0.490 e. The van der Waals surface area contributed by atoms with Gasteiger partial charge in [0.15, 0.2) is 0 Å². The molecule has 5 aromatic rings. The summed E-state index contributed by atoms with van der Waals surface area (Å²) in [7, 11) is 0. The van der Waals surface area contributed by atoms with E-state index in [2.05, 4.69) is 91.9 Å². The van der Waals surface area contributed by atoms with Gasteiger partial charge in [-0.3, -0.25) is 0 Å². The number of hydrogen-bond donors (Lipinski definition) is 0. The fourth-order valence-electron chi connectivity index (χ4n) is 5.87. The van der Waals surface area contributed by atoms with Crippen LogP contribution in [0.4, 0.5) is 0 Å². The molecule has 0 aromatic heterocycles. The van der Waals surface area contributed by atoms with Crippen molar-refractivity contribution in [2.75, 3.05) is 39.6 Å². The molecule has 8 rings (SSSR count). The van der Waals surface area contributed by atoms with Gasteiger partial charge in [-0.05, 0) is 57.6 Å². The van der Waals surface area contributed by atoms with Crippen molar-refractivity contribution in [3.63, 3.8) is 0 Å². The van der Waals surface area contributed by atoms with Crippen molar-refractivity contribution in [1.82, 2.24) is 0 Å². The van der Waals surface area contributed by atoms with Crippen LogP contribution in [0, 0.1) is 6.92 Å². The molecule has 3 fully saturated rings.